The van der Waals surface area contributed by atoms with Crippen molar-refractivity contribution < 1.29 is 9.13 Å². The quantitative estimate of drug-likeness (QED) is 0.927. The summed E-state index contributed by atoms with van der Waals surface area (Å²) in [5, 5.41) is 3.43. The number of rotatable bonds is 4. The van der Waals surface area contributed by atoms with Crippen molar-refractivity contribution >= 4 is 0 Å². The summed E-state index contributed by atoms with van der Waals surface area (Å²) in [6, 6.07) is 16.8. The molecule has 2 aromatic carbocycles. The van der Waals surface area contributed by atoms with Crippen molar-refractivity contribution in [2.75, 3.05) is 19.7 Å². The maximum atomic E-state index is 13.1. The summed E-state index contributed by atoms with van der Waals surface area (Å²) in [7, 11) is 0. The van der Waals surface area contributed by atoms with Crippen LogP contribution in [0.1, 0.15) is 17.9 Å². The minimum absolute atomic E-state index is 0.176. The van der Waals surface area contributed by atoms with Gasteiger partial charge in [0.2, 0.25) is 0 Å². The summed E-state index contributed by atoms with van der Waals surface area (Å²) < 4.78 is 19.0. The fourth-order valence-corrected chi connectivity index (χ4v) is 2.97. The molecule has 1 heterocycles. The van der Waals surface area contributed by atoms with Gasteiger partial charge in [-0.1, -0.05) is 30.3 Å². The van der Waals surface area contributed by atoms with Gasteiger partial charge in [0.05, 0.1) is 6.61 Å². The maximum Gasteiger partial charge on any atom is 0.123 e. The molecule has 110 valence electrons. The highest BCUT2D eigenvalue weighted by molar-refractivity contribution is 5.23. The van der Waals surface area contributed by atoms with Crippen molar-refractivity contribution in [3.05, 3.63) is 66.0 Å². The van der Waals surface area contributed by atoms with Crippen LogP contribution in [0.4, 0.5) is 4.39 Å². The summed E-state index contributed by atoms with van der Waals surface area (Å²) in [6.45, 7) is 2.62. The smallest absolute Gasteiger partial charge is 0.123 e. The molecule has 3 heteroatoms. The molecule has 0 aromatic heterocycles. The molecule has 0 spiro atoms. The minimum Gasteiger partial charge on any atom is -0.493 e. The molecule has 2 aromatic rings. The number of hydrogen-bond acceptors (Lipinski definition) is 2. The summed E-state index contributed by atoms with van der Waals surface area (Å²) in [5.74, 6) is 1.56. The van der Waals surface area contributed by atoms with Crippen molar-refractivity contribution in [3.8, 4) is 5.75 Å². The van der Waals surface area contributed by atoms with Gasteiger partial charge >= 0.3 is 0 Å². The van der Waals surface area contributed by atoms with Crippen LogP contribution in [0.2, 0.25) is 0 Å². The molecule has 0 radical (unpaired) electrons. The highest BCUT2D eigenvalue weighted by atomic mass is 19.1. The van der Waals surface area contributed by atoms with Gasteiger partial charge in [-0.3, -0.25) is 0 Å². The topological polar surface area (TPSA) is 21.3 Å². The first kappa shape index (κ1) is 14.1. The van der Waals surface area contributed by atoms with Gasteiger partial charge in [-0.2, -0.15) is 0 Å². The van der Waals surface area contributed by atoms with Crippen LogP contribution in [-0.4, -0.2) is 19.7 Å². The van der Waals surface area contributed by atoms with Crippen LogP contribution in [-0.2, 0) is 0 Å². The molecule has 21 heavy (non-hydrogen) atoms. The third-order valence-corrected chi connectivity index (χ3v) is 4.11. The number of nitrogens with one attached hydrogen (secondary N) is 1. The molecule has 3 rings (SSSR count). The molecule has 1 fully saturated rings. The molecule has 0 amide bonds. The number of hydrogen-bond donors (Lipinski definition) is 1. The number of piperidine rings is 1. The van der Waals surface area contributed by atoms with Crippen LogP contribution >= 0.6 is 0 Å². The highest BCUT2D eigenvalue weighted by Crippen LogP contribution is 2.31. The fourth-order valence-electron chi connectivity index (χ4n) is 2.97. The van der Waals surface area contributed by atoms with Crippen LogP contribution in [0.5, 0.6) is 5.75 Å². The Balaban J connectivity index is 1.68. The van der Waals surface area contributed by atoms with E-state index in [-0.39, 0.29) is 5.82 Å². The number of halogens is 1. The fraction of sp³-hybridized carbons (Fsp3) is 0.333. The molecule has 1 saturated heterocycles. The second-order valence-electron chi connectivity index (χ2n) is 5.53. The number of para-hydroxylation sites is 1. The van der Waals surface area contributed by atoms with Crippen molar-refractivity contribution in [2.45, 2.75) is 12.3 Å². The van der Waals surface area contributed by atoms with Crippen molar-refractivity contribution in [2.24, 2.45) is 5.92 Å². The third kappa shape index (κ3) is 3.61. The van der Waals surface area contributed by atoms with E-state index in [0.717, 1.165) is 25.3 Å². The van der Waals surface area contributed by atoms with Crippen LogP contribution in [0.3, 0.4) is 0 Å². The van der Waals surface area contributed by atoms with Gasteiger partial charge in [-0.25, -0.2) is 4.39 Å². The van der Waals surface area contributed by atoms with Gasteiger partial charge in [0.25, 0.3) is 0 Å². The van der Waals surface area contributed by atoms with Crippen molar-refractivity contribution in [3.63, 3.8) is 0 Å². The van der Waals surface area contributed by atoms with E-state index >= 15 is 0 Å². The van der Waals surface area contributed by atoms with Gasteiger partial charge in [0.15, 0.2) is 0 Å². The molecule has 2 nitrogen and oxygen atoms in total. The van der Waals surface area contributed by atoms with E-state index in [0.29, 0.717) is 18.4 Å². The number of benzene rings is 2. The Labute approximate surface area is 125 Å². The standard InChI is InChI=1S/C18H20FNO/c19-16-8-6-14(7-9-16)18-10-11-20-12-15(18)13-21-17-4-2-1-3-5-17/h1-9,15,18,20H,10-13H2/t15-,18-/m0/s1. The van der Waals surface area contributed by atoms with Crippen LogP contribution in [0, 0.1) is 11.7 Å². The summed E-state index contributed by atoms with van der Waals surface area (Å²) in [5.41, 5.74) is 1.21. The van der Waals surface area contributed by atoms with E-state index in [4.69, 9.17) is 4.74 Å². The van der Waals surface area contributed by atoms with Gasteiger partial charge in [0, 0.05) is 12.5 Å². The first-order valence-electron chi connectivity index (χ1n) is 7.47. The summed E-state index contributed by atoms with van der Waals surface area (Å²) in [4.78, 5) is 0. The monoisotopic (exact) mass is 285 g/mol. The Hall–Kier alpha value is -1.87. The lowest BCUT2D eigenvalue weighted by Gasteiger charge is -2.32. The molecule has 1 N–H and O–H groups in total. The molecule has 0 bridgehead atoms. The van der Waals surface area contributed by atoms with E-state index < -0.39 is 0 Å². The predicted octanol–water partition coefficient (Wildman–Crippen LogP) is 3.60. The minimum atomic E-state index is -0.176. The normalized spacial score (nSPS) is 22.0. The Morgan fingerprint density at radius 2 is 1.81 bits per heavy atom. The van der Waals surface area contributed by atoms with E-state index in [1.165, 1.54) is 5.56 Å². The maximum absolute atomic E-state index is 13.1. The largest absolute Gasteiger partial charge is 0.493 e. The van der Waals surface area contributed by atoms with E-state index in [1.54, 1.807) is 12.1 Å². The molecule has 1 aliphatic rings. The third-order valence-electron chi connectivity index (χ3n) is 4.11. The molecular formula is C18H20FNO. The molecule has 1 aliphatic heterocycles. The van der Waals surface area contributed by atoms with Crippen LogP contribution < -0.4 is 10.1 Å². The van der Waals surface area contributed by atoms with Crippen molar-refractivity contribution in [1.82, 2.24) is 5.32 Å². The summed E-state index contributed by atoms with van der Waals surface area (Å²) >= 11 is 0. The number of ether oxygens (including phenoxy) is 1. The Bertz CT molecular complexity index is 555. The van der Waals surface area contributed by atoms with Gasteiger partial charge in [-0.15, -0.1) is 0 Å². The average molecular weight is 285 g/mol. The predicted molar refractivity (Wildman–Crippen MR) is 82.1 cm³/mol. The molecule has 2 atom stereocenters. The molecular weight excluding hydrogens is 265 g/mol. The first-order chi connectivity index (χ1) is 10.3. The first-order valence-corrected chi connectivity index (χ1v) is 7.47. The molecule has 0 saturated carbocycles. The lowest BCUT2D eigenvalue weighted by atomic mass is 9.81. The van der Waals surface area contributed by atoms with E-state index in [1.807, 2.05) is 42.5 Å². The van der Waals surface area contributed by atoms with Crippen molar-refractivity contribution in [1.29, 1.82) is 0 Å². The zero-order valence-corrected chi connectivity index (χ0v) is 12.0. The highest BCUT2D eigenvalue weighted by Gasteiger charge is 2.26. The zero-order valence-electron chi connectivity index (χ0n) is 12.0. The lowest BCUT2D eigenvalue weighted by Crippen LogP contribution is -2.38. The van der Waals surface area contributed by atoms with Gasteiger partial charge < -0.3 is 10.1 Å². The van der Waals surface area contributed by atoms with Crippen LogP contribution in [0.25, 0.3) is 0 Å². The second-order valence-corrected chi connectivity index (χ2v) is 5.53. The molecule has 0 unspecified atom stereocenters. The van der Waals surface area contributed by atoms with Crippen LogP contribution in [0.15, 0.2) is 54.6 Å². The SMILES string of the molecule is Fc1ccc([C@@H]2CCNC[C@H]2COc2ccccc2)cc1. The Morgan fingerprint density at radius 1 is 1.05 bits per heavy atom. The molecule has 0 aliphatic carbocycles. The van der Waals surface area contributed by atoms with E-state index in [9.17, 15) is 4.39 Å². The van der Waals surface area contributed by atoms with E-state index in [2.05, 4.69) is 5.32 Å². The average Bonchev–Trinajstić information content (AvgIpc) is 2.55. The Kier molecular flexibility index (Phi) is 4.51. The van der Waals surface area contributed by atoms with Gasteiger partial charge in [0.1, 0.15) is 11.6 Å². The zero-order chi connectivity index (χ0) is 14.5. The second kappa shape index (κ2) is 6.72. The lowest BCUT2D eigenvalue weighted by molar-refractivity contribution is 0.197. The summed E-state index contributed by atoms with van der Waals surface area (Å²) in [6.07, 6.45) is 1.06. The van der Waals surface area contributed by atoms with Gasteiger partial charge in [-0.05, 0) is 48.7 Å². The Morgan fingerprint density at radius 3 is 2.57 bits per heavy atom.